The third-order valence-corrected chi connectivity index (χ3v) is 3.25. The molecule has 0 unspecified atom stereocenters. The molecule has 1 rings (SSSR count). The van der Waals surface area contributed by atoms with E-state index in [1.807, 2.05) is 18.4 Å². The molecule has 0 spiro atoms. The van der Waals surface area contributed by atoms with Gasteiger partial charge >= 0.3 is 0 Å². The Morgan fingerprint density at radius 3 is 2.71 bits per heavy atom. The number of aryl methyl sites for hydroxylation is 1. The van der Waals surface area contributed by atoms with E-state index in [0.717, 1.165) is 6.42 Å². The molecular weight excluding hydrogens is 234 g/mol. The van der Waals surface area contributed by atoms with Crippen molar-refractivity contribution in [2.24, 2.45) is 0 Å². The summed E-state index contributed by atoms with van der Waals surface area (Å²) in [7, 11) is 0. The molecule has 4 heteroatoms. The minimum atomic E-state index is -0.825. The number of carbonyl (C=O) groups excluding carboxylic acids is 1. The normalized spacial score (nSPS) is 11.5. The average Bonchev–Trinajstić information content (AvgIpc) is 2.74. The molecular formula is C13H21NO2S. The van der Waals surface area contributed by atoms with Crippen molar-refractivity contribution in [3.05, 3.63) is 22.4 Å². The first-order valence-electron chi connectivity index (χ1n) is 5.93. The first kappa shape index (κ1) is 14.2. The molecule has 0 saturated carbocycles. The number of likely N-dealkylation sites (N-methyl/N-ethyl adjacent to an activating group) is 1. The van der Waals surface area contributed by atoms with Crippen LogP contribution in [-0.4, -0.2) is 34.6 Å². The lowest BCUT2D eigenvalue weighted by atomic mass is 10.1. The third-order valence-electron chi connectivity index (χ3n) is 2.52. The number of nitrogens with zero attached hydrogens (tertiary/aromatic N) is 1. The Labute approximate surface area is 107 Å². The van der Waals surface area contributed by atoms with Crippen LogP contribution in [0.2, 0.25) is 0 Å². The Morgan fingerprint density at radius 1 is 1.53 bits per heavy atom. The highest BCUT2D eigenvalue weighted by molar-refractivity contribution is 7.07. The Kier molecular flexibility index (Phi) is 5.15. The quantitative estimate of drug-likeness (QED) is 0.847. The van der Waals surface area contributed by atoms with E-state index < -0.39 is 5.60 Å². The van der Waals surface area contributed by atoms with Gasteiger partial charge in [0.25, 0.3) is 0 Å². The predicted octanol–water partition coefficient (Wildman–Crippen LogP) is 2.30. The highest BCUT2D eigenvalue weighted by atomic mass is 32.1. The summed E-state index contributed by atoms with van der Waals surface area (Å²) in [6.07, 6.45) is 1.30. The molecule has 0 aromatic carbocycles. The van der Waals surface area contributed by atoms with Gasteiger partial charge in [-0.2, -0.15) is 11.3 Å². The smallest absolute Gasteiger partial charge is 0.222 e. The zero-order chi connectivity index (χ0) is 12.9. The zero-order valence-corrected chi connectivity index (χ0v) is 11.6. The molecule has 1 aromatic heterocycles. The molecule has 0 aliphatic rings. The van der Waals surface area contributed by atoms with Gasteiger partial charge in [0.15, 0.2) is 0 Å². The number of hydrogen-bond acceptors (Lipinski definition) is 3. The van der Waals surface area contributed by atoms with Crippen molar-refractivity contribution >= 4 is 17.2 Å². The molecule has 1 amide bonds. The molecule has 0 saturated heterocycles. The van der Waals surface area contributed by atoms with E-state index in [1.165, 1.54) is 5.56 Å². The van der Waals surface area contributed by atoms with Crippen LogP contribution in [0.25, 0.3) is 0 Å². The van der Waals surface area contributed by atoms with E-state index in [0.29, 0.717) is 19.5 Å². The van der Waals surface area contributed by atoms with E-state index in [-0.39, 0.29) is 5.91 Å². The molecule has 17 heavy (non-hydrogen) atoms. The van der Waals surface area contributed by atoms with Crippen LogP contribution < -0.4 is 0 Å². The van der Waals surface area contributed by atoms with Gasteiger partial charge in [-0.3, -0.25) is 4.79 Å². The Bertz CT molecular complexity index is 341. The highest BCUT2D eigenvalue weighted by Gasteiger charge is 2.20. The van der Waals surface area contributed by atoms with Crippen LogP contribution >= 0.6 is 11.3 Å². The summed E-state index contributed by atoms with van der Waals surface area (Å²) in [5, 5.41) is 13.8. The van der Waals surface area contributed by atoms with Crippen molar-refractivity contribution < 1.29 is 9.90 Å². The first-order valence-corrected chi connectivity index (χ1v) is 6.88. The van der Waals surface area contributed by atoms with E-state index in [2.05, 4.69) is 5.38 Å². The lowest BCUT2D eigenvalue weighted by Crippen LogP contribution is -2.42. The second-order valence-electron chi connectivity index (χ2n) is 4.85. The van der Waals surface area contributed by atoms with E-state index in [4.69, 9.17) is 0 Å². The number of amides is 1. The van der Waals surface area contributed by atoms with Crippen molar-refractivity contribution in [2.75, 3.05) is 13.1 Å². The van der Waals surface area contributed by atoms with Gasteiger partial charge in [0.1, 0.15) is 0 Å². The van der Waals surface area contributed by atoms with E-state index >= 15 is 0 Å². The van der Waals surface area contributed by atoms with Gasteiger partial charge in [-0.05, 0) is 49.6 Å². The van der Waals surface area contributed by atoms with Gasteiger partial charge in [-0.15, -0.1) is 0 Å². The van der Waals surface area contributed by atoms with Crippen molar-refractivity contribution in [3.63, 3.8) is 0 Å². The van der Waals surface area contributed by atoms with Crippen molar-refractivity contribution in [1.29, 1.82) is 0 Å². The SMILES string of the molecule is CCN(CC(C)(C)O)C(=O)CCc1ccsc1. The van der Waals surface area contributed by atoms with Crippen molar-refractivity contribution in [2.45, 2.75) is 39.2 Å². The second-order valence-corrected chi connectivity index (χ2v) is 5.63. The average molecular weight is 255 g/mol. The molecule has 0 bridgehead atoms. The third kappa shape index (κ3) is 5.33. The van der Waals surface area contributed by atoms with Gasteiger partial charge in [-0.25, -0.2) is 0 Å². The summed E-state index contributed by atoms with van der Waals surface area (Å²) in [6.45, 7) is 6.43. The lowest BCUT2D eigenvalue weighted by molar-refractivity contribution is -0.133. The fraction of sp³-hybridized carbons (Fsp3) is 0.615. The van der Waals surface area contributed by atoms with E-state index in [9.17, 15) is 9.90 Å². The largest absolute Gasteiger partial charge is 0.389 e. The fourth-order valence-electron chi connectivity index (χ4n) is 1.69. The standard InChI is InChI=1S/C13H21NO2S/c1-4-14(10-13(2,3)16)12(15)6-5-11-7-8-17-9-11/h7-9,16H,4-6,10H2,1-3H3. The molecule has 0 atom stereocenters. The molecule has 1 N–H and O–H groups in total. The topological polar surface area (TPSA) is 40.5 Å². The molecule has 0 fully saturated rings. The van der Waals surface area contributed by atoms with E-state index in [1.54, 1.807) is 30.1 Å². The van der Waals surface area contributed by atoms with Gasteiger partial charge < -0.3 is 10.0 Å². The lowest BCUT2D eigenvalue weighted by Gasteiger charge is -2.28. The van der Waals surface area contributed by atoms with Crippen LogP contribution in [0.1, 0.15) is 32.8 Å². The summed E-state index contributed by atoms with van der Waals surface area (Å²) in [5.74, 6) is 0.112. The predicted molar refractivity (Wildman–Crippen MR) is 71.2 cm³/mol. The number of aliphatic hydroxyl groups is 1. The van der Waals surface area contributed by atoms with Crippen LogP contribution in [0, 0.1) is 0 Å². The highest BCUT2D eigenvalue weighted by Crippen LogP contribution is 2.11. The van der Waals surface area contributed by atoms with Crippen molar-refractivity contribution in [1.82, 2.24) is 4.90 Å². The fourth-order valence-corrected chi connectivity index (χ4v) is 2.39. The first-order chi connectivity index (χ1) is 7.92. The maximum absolute atomic E-state index is 12.0. The van der Waals surface area contributed by atoms with Gasteiger partial charge in [0.2, 0.25) is 5.91 Å². The minimum Gasteiger partial charge on any atom is -0.389 e. The molecule has 0 aliphatic heterocycles. The van der Waals surface area contributed by atoms with Crippen molar-refractivity contribution in [3.8, 4) is 0 Å². The monoisotopic (exact) mass is 255 g/mol. The molecule has 96 valence electrons. The van der Waals surface area contributed by atoms with Gasteiger partial charge in [0.05, 0.1) is 5.60 Å². The summed E-state index contributed by atoms with van der Waals surface area (Å²) < 4.78 is 0. The Hall–Kier alpha value is -0.870. The summed E-state index contributed by atoms with van der Waals surface area (Å²) >= 11 is 1.65. The van der Waals surface area contributed by atoms with Crippen LogP contribution in [-0.2, 0) is 11.2 Å². The number of rotatable bonds is 6. The van der Waals surface area contributed by atoms with Crippen LogP contribution in [0.3, 0.4) is 0 Å². The van der Waals surface area contributed by atoms with Crippen LogP contribution in [0.5, 0.6) is 0 Å². The van der Waals surface area contributed by atoms with Crippen LogP contribution in [0.4, 0.5) is 0 Å². The minimum absolute atomic E-state index is 0.112. The Balaban J connectivity index is 2.44. The number of hydrogen-bond donors (Lipinski definition) is 1. The summed E-state index contributed by atoms with van der Waals surface area (Å²) in [4.78, 5) is 13.7. The zero-order valence-electron chi connectivity index (χ0n) is 10.8. The van der Waals surface area contributed by atoms with Crippen LogP contribution in [0.15, 0.2) is 16.8 Å². The maximum Gasteiger partial charge on any atom is 0.222 e. The van der Waals surface area contributed by atoms with Gasteiger partial charge in [0, 0.05) is 19.5 Å². The number of carbonyl (C=O) groups is 1. The molecule has 0 radical (unpaired) electrons. The summed E-state index contributed by atoms with van der Waals surface area (Å²) in [5.41, 5.74) is 0.385. The molecule has 3 nitrogen and oxygen atoms in total. The second kappa shape index (κ2) is 6.17. The number of thiophene rings is 1. The molecule has 1 aromatic rings. The molecule has 1 heterocycles. The Morgan fingerprint density at radius 2 is 2.24 bits per heavy atom. The van der Waals surface area contributed by atoms with Gasteiger partial charge in [-0.1, -0.05) is 0 Å². The summed E-state index contributed by atoms with van der Waals surface area (Å²) in [6, 6.07) is 2.05. The maximum atomic E-state index is 12.0. The molecule has 0 aliphatic carbocycles.